The van der Waals surface area contributed by atoms with Crippen LogP contribution in [0.5, 0.6) is 5.75 Å². The first-order valence-corrected chi connectivity index (χ1v) is 6.09. The van der Waals surface area contributed by atoms with Crippen molar-refractivity contribution in [3.05, 3.63) is 41.4 Å². The van der Waals surface area contributed by atoms with E-state index in [-0.39, 0.29) is 18.5 Å². The van der Waals surface area contributed by atoms with Crippen molar-refractivity contribution in [1.29, 1.82) is 0 Å². The van der Waals surface area contributed by atoms with Gasteiger partial charge in [-0.2, -0.15) is 0 Å². The smallest absolute Gasteiger partial charge is 0.253 e. The molecular formula is C13H16FN3O2. The summed E-state index contributed by atoms with van der Waals surface area (Å²) in [6, 6.07) is 4.02. The lowest BCUT2D eigenvalue weighted by molar-refractivity contribution is 0.255. The summed E-state index contributed by atoms with van der Waals surface area (Å²) in [7, 11) is 0. The van der Waals surface area contributed by atoms with E-state index in [1.54, 1.807) is 6.07 Å². The Labute approximate surface area is 110 Å². The van der Waals surface area contributed by atoms with Crippen LogP contribution in [0.25, 0.3) is 0 Å². The van der Waals surface area contributed by atoms with E-state index in [9.17, 15) is 4.39 Å². The highest BCUT2D eigenvalue weighted by molar-refractivity contribution is 5.36. The molecule has 1 atom stereocenters. The third kappa shape index (κ3) is 3.29. The van der Waals surface area contributed by atoms with Crippen molar-refractivity contribution < 1.29 is 13.5 Å². The average molecular weight is 265 g/mol. The molecule has 0 fully saturated rings. The Balaban J connectivity index is 2.12. The molecule has 19 heavy (non-hydrogen) atoms. The van der Waals surface area contributed by atoms with Crippen molar-refractivity contribution in [2.75, 3.05) is 0 Å². The molecule has 0 spiro atoms. The summed E-state index contributed by atoms with van der Waals surface area (Å²) in [5.41, 5.74) is 6.54. The number of aromatic nitrogens is 2. The Hall–Kier alpha value is -1.95. The Morgan fingerprint density at radius 1 is 1.37 bits per heavy atom. The van der Waals surface area contributed by atoms with Crippen LogP contribution in [-0.2, 0) is 13.0 Å². The van der Waals surface area contributed by atoms with E-state index in [4.69, 9.17) is 14.9 Å². The summed E-state index contributed by atoms with van der Waals surface area (Å²) in [6.45, 7) is 3.82. The molecule has 1 aromatic heterocycles. The Kier molecular flexibility index (Phi) is 4.11. The maximum absolute atomic E-state index is 13.2. The summed E-state index contributed by atoms with van der Waals surface area (Å²) in [5.74, 6) is 0.924. The van der Waals surface area contributed by atoms with Gasteiger partial charge in [-0.1, -0.05) is 13.0 Å². The van der Waals surface area contributed by atoms with Gasteiger partial charge in [0, 0.05) is 24.1 Å². The van der Waals surface area contributed by atoms with Crippen molar-refractivity contribution in [3.8, 4) is 5.75 Å². The number of hydrogen-bond acceptors (Lipinski definition) is 5. The van der Waals surface area contributed by atoms with Crippen LogP contribution in [0.15, 0.2) is 22.6 Å². The predicted octanol–water partition coefficient (Wildman–Crippen LogP) is 2.37. The van der Waals surface area contributed by atoms with Gasteiger partial charge in [0.15, 0.2) is 6.61 Å². The standard InChI is InChI=1S/C13H16FN3O2/c1-3-12-16-17-13(19-12)7-18-11-6-9(14)4-5-10(11)8(2)15/h4-6,8H,3,7,15H2,1-2H3/t8-/m1/s1. The second kappa shape index (κ2) is 5.79. The van der Waals surface area contributed by atoms with Crippen LogP contribution in [-0.4, -0.2) is 10.2 Å². The van der Waals surface area contributed by atoms with Crippen LogP contribution in [0, 0.1) is 5.82 Å². The van der Waals surface area contributed by atoms with Crippen molar-refractivity contribution in [2.24, 2.45) is 5.73 Å². The molecule has 2 aromatic rings. The van der Waals surface area contributed by atoms with Crippen molar-refractivity contribution in [2.45, 2.75) is 32.9 Å². The number of aryl methyl sites for hydroxylation is 1. The highest BCUT2D eigenvalue weighted by atomic mass is 19.1. The quantitative estimate of drug-likeness (QED) is 0.898. The number of hydrogen-bond donors (Lipinski definition) is 1. The molecule has 102 valence electrons. The summed E-state index contributed by atoms with van der Waals surface area (Å²) in [6.07, 6.45) is 0.665. The number of nitrogens with two attached hydrogens (primary N) is 1. The number of rotatable bonds is 5. The number of ether oxygens (including phenoxy) is 1. The van der Waals surface area contributed by atoms with E-state index in [0.717, 1.165) is 5.56 Å². The summed E-state index contributed by atoms with van der Waals surface area (Å²) in [4.78, 5) is 0. The molecule has 0 aliphatic carbocycles. The molecule has 2 N–H and O–H groups in total. The second-order valence-electron chi connectivity index (χ2n) is 4.20. The largest absolute Gasteiger partial charge is 0.483 e. The highest BCUT2D eigenvalue weighted by Gasteiger charge is 2.11. The lowest BCUT2D eigenvalue weighted by Gasteiger charge is -2.12. The van der Waals surface area contributed by atoms with E-state index in [1.807, 2.05) is 13.8 Å². The topological polar surface area (TPSA) is 74.2 Å². The Bertz CT molecular complexity index is 555. The normalized spacial score (nSPS) is 12.4. The first kappa shape index (κ1) is 13.5. The van der Waals surface area contributed by atoms with E-state index < -0.39 is 0 Å². The van der Waals surface area contributed by atoms with E-state index in [1.165, 1.54) is 12.1 Å². The van der Waals surface area contributed by atoms with Crippen LogP contribution in [0.2, 0.25) is 0 Å². The van der Waals surface area contributed by atoms with Crippen LogP contribution >= 0.6 is 0 Å². The van der Waals surface area contributed by atoms with Crippen molar-refractivity contribution >= 4 is 0 Å². The molecule has 0 aliphatic rings. The van der Waals surface area contributed by atoms with Crippen LogP contribution in [0.1, 0.15) is 37.2 Å². The monoisotopic (exact) mass is 265 g/mol. The maximum atomic E-state index is 13.2. The van der Waals surface area contributed by atoms with Crippen LogP contribution < -0.4 is 10.5 Å². The zero-order valence-electron chi connectivity index (χ0n) is 10.9. The Morgan fingerprint density at radius 3 is 2.74 bits per heavy atom. The first-order valence-electron chi connectivity index (χ1n) is 6.09. The summed E-state index contributed by atoms with van der Waals surface area (Å²) >= 11 is 0. The summed E-state index contributed by atoms with van der Waals surface area (Å²) < 4.78 is 24.0. The fourth-order valence-corrected chi connectivity index (χ4v) is 1.64. The molecule has 2 rings (SSSR count). The Morgan fingerprint density at radius 2 is 2.11 bits per heavy atom. The average Bonchev–Trinajstić information content (AvgIpc) is 2.84. The SMILES string of the molecule is CCc1nnc(COc2cc(F)ccc2[C@@H](C)N)o1. The zero-order chi connectivity index (χ0) is 13.8. The fraction of sp³-hybridized carbons (Fsp3) is 0.385. The fourth-order valence-electron chi connectivity index (χ4n) is 1.64. The molecule has 0 saturated heterocycles. The minimum Gasteiger partial charge on any atom is -0.483 e. The first-order chi connectivity index (χ1) is 9.10. The van der Waals surface area contributed by atoms with Gasteiger partial charge in [0.2, 0.25) is 5.89 Å². The van der Waals surface area contributed by atoms with Gasteiger partial charge >= 0.3 is 0 Å². The third-order valence-corrected chi connectivity index (χ3v) is 2.63. The molecule has 5 nitrogen and oxygen atoms in total. The summed E-state index contributed by atoms with van der Waals surface area (Å²) in [5, 5.41) is 7.66. The minimum atomic E-state index is -0.376. The number of halogens is 1. The van der Waals surface area contributed by atoms with Crippen LogP contribution in [0.4, 0.5) is 4.39 Å². The molecule has 1 aromatic carbocycles. The molecule has 0 saturated carbocycles. The minimum absolute atomic E-state index is 0.0934. The molecule has 0 unspecified atom stereocenters. The van der Waals surface area contributed by atoms with Crippen LogP contribution in [0.3, 0.4) is 0 Å². The molecule has 0 amide bonds. The van der Waals surface area contributed by atoms with Crippen molar-refractivity contribution in [1.82, 2.24) is 10.2 Å². The van der Waals surface area contributed by atoms with Crippen molar-refractivity contribution in [3.63, 3.8) is 0 Å². The third-order valence-electron chi connectivity index (χ3n) is 2.63. The predicted molar refractivity (Wildman–Crippen MR) is 67.0 cm³/mol. The van der Waals surface area contributed by atoms with Gasteiger partial charge in [0.25, 0.3) is 5.89 Å². The lowest BCUT2D eigenvalue weighted by atomic mass is 10.1. The van der Waals surface area contributed by atoms with Gasteiger partial charge in [-0.15, -0.1) is 10.2 Å². The number of benzene rings is 1. The van der Waals surface area contributed by atoms with Gasteiger partial charge in [0.05, 0.1) is 0 Å². The second-order valence-corrected chi connectivity index (χ2v) is 4.20. The highest BCUT2D eigenvalue weighted by Crippen LogP contribution is 2.25. The van der Waals surface area contributed by atoms with Gasteiger partial charge in [-0.05, 0) is 13.0 Å². The van der Waals surface area contributed by atoms with E-state index >= 15 is 0 Å². The molecular weight excluding hydrogens is 249 g/mol. The number of nitrogens with zero attached hydrogens (tertiary/aromatic N) is 2. The molecule has 0 radical (unpaired) electrons. The van der Waals surface area contributed by atoms with E-state index in [2.05, 4.69) is 10.2 Å². The van der Waals surface area contributed by atoms with E-state index in [0.29, 0.717) is 24.0 Å². The molecule has 6 heteroatoms. The van der Waals surface area contributed by atoms with Gasteiger partial charge in [0.1, 0.15) is 11.6 Å². The zero-order valence-corrected chi connectivity index (χ0v) is 10.9. The molecule has 0 aliphatic heterocycles. The molecule has 0 bridgehead atoms. The maximum Gasteiger partial charge on any atom is 0.253 e. The van der Waals surface area contributed by atoms with Gasteiger partial charge in [-0.3, -0.25) is 0 Å². The van der Waals surface area contributed by atoms with Gasteiger partial charge in [-0.25, -0.2) is 4.39 Å². The lowest BCUT2D eigenvalue weighted by Crippen LogP contribution is -2.08. The molecule has 1 heterocycles. The van der Waals surface area contributed by atoms with Gasteiger partial charge < -0.3 is 14.9 Å².